The Hall–Kier alpha value is -2.76. The van der Waals surface area contributed by atoms with Crippen LogP contribution in [0.1, 0.15) is 37.3 Å². The van der Waals surface area contributed by atoms with Gasteiger partial charge in [-0.1, -0.05) is 42.3 Å². The summed E-state index contributed by atoms with van der Waals surface area (Å²) in [6, 6.07) is 13.9. The van der Waals surface area contributed by atoms with Crippen LogP contribution >= 0.6 is 0 Å². The van der Waals surface area contributed by atoms with Gasteiger partial charge in [-0.15, -0.1) is 5.10 Å². The summed E-state index contributed by atoms with van der Waals surface area (Å²) in [5.41, 5.74) is 2.56. The molecule has 1 aromatic heterocycles. The van der Waals surface area contributed by atoms with Gasteiger partial charge in [0.05, 0.1) is 11.6 Å². The van der Waals surface area contributed by atoms with Gasteiger partial charge in [-0.2, -0.15) is 0 Å². The molecule has 6 heteroatoms. The second kappa shape index (κ2) is 7.23. The highest BCUT2D eigenvalue weighted by Gasteiger charge is 2.28. The molecule has 0 unspecified atom stereocenters. The molecular formula is C20H21FN4O. The maximum atomic E-state index is 13.3. The molecule has 1 aliphatic carbocycles. The summed E-state index contributed by atoms with van der Waals surface area (Å²) in [6.45, 7) is 0.116. The number of para-hydroxylation sites is 1. The average molecular weight is 352 g/mol. The van der Waals surface area contributed by atoms with Gasteiger partial charge < -0.3 is 5.32 Å². The van der Waals surface area contributed by atoms with Crippen LogP contribution in [0.25, 0.3) is 11.0 Å². The Balaban J connectivity index is 1.53. The highest BCUT2D eigenvalue weighted by Crippen LogP contribution is 2.35. The van der Waals surface area contributed by atoms with Gasteiger partial charge in [0.2, 0.25) is 5.91 Å². The number of nitrogens with zero attached hydrogens (tertiary/aromatic N) is 3. The molecule has 0 bridgehead atoms. The van der Waals surface area contributed by atoms with Crippen molar-refractivity contribution in [1.82, 2.24) is 20.3 Å². The number of hydrogen-bond acceptors (Lipinski definition) is 3. The summed E-state index contributed by atoms with van der Waals surface area (Å²) < 4.78 is 14.9. The van der Waals surface area contributed by atoms with E-state index in [-0.39, 0.29) is 24.3 Å². The molecule has 0 saturated heterocycles. The summed E-state index contributed by atoms with van der Waals surface area (Å²) >= 11 is 0. The Morgan fingerprint density at radius 1 is 1.15 bits per heavy atom. The molecule has 0 radical (unpaired) electrons. The molecule has 2 aromatic carbocycles. The minimum absolute atomic E-state index is 0.0969. The fourth-order valence-electron chi connectivity index (χ4n) is 3.82. The van der Waals surface area contributed by atoms with Crippen molar-refractivity contribution in [3.05, 3.63) is 59.9 Å². The molecule has 1 heterocycles. The number of benzene rings is 2. The maximum absolute atomic E-state index is 13.3. The minimum atomic E-state index is -0.265. The Labute approximate surface area is 151 Å². The van der Waals surface area contributed by atoms with Gasteiger partial charge in [0, 0.05) is 0 Å². The molecule has 1 saturated carbocycles. The molecule has 3 aromatic rings. The van der Waals surface area contributed by atoms with E-state index >= 15 is 0 Å². The van der Waals surface area contributed by atoms with Crippen molar-refractivity contribution < 1.29 is 9.18 Å². The fourth-order valence-corrected chi connectivity index (χ4v) is 3.82. The molecule has 26 heavy (non-hydrogen) atoms. The molecule has 0 aliphatic heterocycles. The van der Waals surface area contributed by atoms with Crippen molar-refractivity contribution in [1.29, 1.82) is 0 Å². The Morgan fingerprint density at radius 3 is 2.65 bits per heavy atom. The molecule has 1 N–H and O–H groups in total. The monoisotopic (exact) mass is 352 g/mol. The third-order valence-corrected chi connectivity index (χ3v) is 5.13. The van der Waals surface area contributed by atoms with Crippen LogP contribution in [-0.4, -0.2) is 20.9 Å². The predicted octanol–water partition coefficient (Wildman–Crippen LogP) is 3.62. The standard InChI is InChI=1S/C20H21FN4O/c21-16-11-9-15(10-12-16)20(14-5-1-2-6-14)22-19(26)13-25-18-8-4-3-7-17(18)23-24-25/h3-4,7-12,14,20H,1-2,5-6,13H2,(H,22,26)/t20-/m1/s1. The summed E-state index contributed by atoms with van der Waals surface area (Å²) in [5.74, 6) is 0.0121. The summed E-state index contributed by atoms with van der Waals surface area (Å²) in [4.78, 5) is 12.7. The van der Waals surface area contributed by atoms with Crippen LogP contribution < -0.4 is 5.32 Å². The van der Waals surface area contributed by atoms with E-state index in [0.717, 1.165) is 29.4 Å². The number of carbonyl (C=O) groups excluding carboxylic acids is 1. The van der Waals surface area contributed by atoms with E-state index in [0.29, 0.717) is 5.92 Å². The third-order valence-electron chi connectivity index (χ3n) is 5.13. The second-order valence-electron chi connectivity index (χ2n) is 6.88. The molecule has 1 amide bonds. The van der Waals surface area contributed by atoms with Gasteiger partial charge in [0.25, 0.3) is 0 Å². The van der Waals surface area contributed by atoms with E-state index in [9.17, 15) is 9.18 Å². The van der Waals surface area contributed by atoms with Crippen molar-refractivity contribution in [2.75, 3.05) is 0 Å². The van der Waals surface area contributed by atoms with Crippen molar-refractivity contribution in [3.63, 3.8) is 0 Å². The topological polar surface area (TPSA) is 59.8 Å². The van der Waals surface area contributed by atoms with Crippen LogP contribution in [0.2, 0.25) is 0 Å². The van der Waals surface area contributed by atoms with Crippen molar-refractivity contribution in [3.8, 4) is 0 Å². The Bertz CT molecular complexity index is 900. The first-order valence-corrected chi connectivity index (χ1v) is 9.04. The molecular weight excluding hydrogens is 331 g/mol. The van der Waals surface area contributed by atoms with Crippen LogP contribution in [0.5, 0.6) is 0 Å². The molecule has 1 fully saturated rings. The van der Waals surface area contributed by atoms with Gasteiger partial charge >= 0.3 is 0 Å². The van der Waals surface area contributed by atoms with Gasteiger partial charge in [-0.05, 0) is 48.6 Å². The SMILES string of the molecule is O=C(Cn1nnc2ccccc21)N[C@@H](c1ccc(F)cc1)C1CCCC1. The molecule has 4 rings (SSSR count). The maximum Gasteiger partial charge on any atom is 0.242 e. The van der Waals surface area contributed by atoms with E-state index in [1.807, 2.05) is 24.3 Å². The first-order chi connectivity index (χ1) is 12.7. The molecule has 1 aliphatic rings. The quantitative estimate of drug-likeness (QED) is 0.763. The van der Waals surface area contributed by atoms with E-state index in [1.54, 1.807) is 16.8 Å². The van der Waals surface area contributed by atoms with Crippen LogP contribution in [0.15, 0.2) is 48.5 Å². The number of halogens is 1. The summed E-state index contributed by atoms with van der Waals surface area (Å²) in [6.07, 6.45) is 4.50. The van der Waals surface area contributed by atoms with Crippen molar-refractivity contribution >= 4 is 16.9 Å². The summed E-state index contributed by atoms with van der Waals surface area (Å²) in [7, 11) is 0. The molecule has 1 atom stereocenters. The highest BCUT2D eigenvalue weighted by molar-refractivity contribution is 5.80. The summed E-state index contributed by atoms with van der Waals surface area (Å²) in [5, 5.41) is 11.3. The Kier molecular flexibility index (Phi) is 4.65. The lowest BCUT2D eigenvalue weighted by atomic mass is 9.91. The molecule has 134 valence electrons. The number of fused-ring (bicyclic) bond motifs is 1. The Morgan fingerprint density at radius 2 is 1.88 bits per heavy atom. The van der Waals surface area contributed by atoms with Crippen molar-refractivity contribution in [2.24, 2.45) is 5.92 Å². The lowest BCUT2D eigenvalue weighted by Crippen LogP contribution is -2.35. The fraction of sp³-hybridized carbons (Fsp3) is 0.350. The molecule has 5 nitrogen and oxygen atoms in total. The van der Waals surface area contributed by atoms with Crippen molar-refractivity contribution in [2.45, 2.75) is 38.3 Å². The van der Waals surface area contributed by atoms with E-state index in [2.05, 4.69) is 15.6 Å². The zero-order chi connectivity index (χ0) is 17.9. The zero-order valence-corrected chi connectivity index (χ0v) is 14.4. The van der Waals surface area contributed by atoms with Crippen LogP contribution in [0.4, 0.5) is 4.39 Å². The van der Waals surface area contributed by atoms with E-state index in [4.69, 9.17) is 0 Å². The third kappa shape index (κ3) is 3.45. The number of hydrogen-bond donors (Lipinski definition) is 1. The van der Waals surface area contributed by atoms with Gasteiger partial charge in [-0.25, -0.2) is 9.07 Å². The predicted molar refractivity (Wildman–Crippen MR) is 96.8 cm³/mol. The zero-order valence-electron chi connectivity index (χ0n) is 14.4. The lowest BCUT2D eigenvalue weighted by Gasteiger charge is -2.25. The largest absolute Gasteiger partial charge is 0.347 e. The normalized spacial score (nSPS) is 16.0. The average Bonchev–Trinajstić information content (AvgIpc) is 3.31. The number of aromatic nitrogens is 3. The lowest BCUT2D eigenvalue weighted by molar-refractivity contribution is -0.123. The van der Waals surface area contributed by atoms with Crippen LogP contribution in [0, 0.1) is 11.7 Å². The number of carbonyl (C=O) groups is 1. The van der Waals surface area contributed by atoms with Gasteiger partial charge in [0.15, 0.2) is 0 Å². The molecule has 0 spiro atoms. The van der Waals surface area contributed by atoms with Crippen LogP contribution in [-0.2, 0) is 11.3 Å². The first kappa shape index (κ1) is 16.7. The first-order valence-electron chi connectivity index (χ1n) is 9.04. The van der Waals surface area contributed by atoms with E-state index < -0.39 is 0 Å². The van der Waals surface area contributed by atoms with Gasteiger partial charge in [0.1, 0.15) is 17.9 Å². The minimum Gasteiger partial charge on any atom is -0.347 e. The highest BCUT2D eigenvalue weighted by atomic mass is 19.1. The van der Waals surface area contributed by atoms with Gasteiger partial charge in [-0.3, -0.25) is 4.79 Å². The smallest absolute Gasteiger partial charge is 0.242 e. The second-order valence-corrected chi connectivity index (χ2v) is 6.88. The number of nitrogens with one attached hydrogen (secondary N) is 1. The number of amides is 1. The van der Waals surface area contributed by atoms with Crippen LogP contribution in [0.3, 0.4) is 0 Å². The number of rotatable bonds is 5. The van der Waals surface area contributed by atoms with E-state index in [1.165, 1.54) is 25.0 Å².